The lowest BCUT2D eigenvalue weighted by atomic mass is 9.98. The smallest absolute Gasteiger partial charge is 0.267 e. The molecule has 0 spiro atoms. The van der Waals surface area contributed by atoms with Gasteiger partial charge in [0.25, 0.3) is 5.56 Å². The van der Waals surface area contributed by atoms with E-state index in [4.69, 9.17) is 0 Å². The Balaban J connectivity index is 1.57. The zero-order valence-electron chi connectivity index (χ0n) is 15.3. The van der Waals surface area contributed by atoms with Crippen LogP contribution < -0.4 is 10.9 Å². The molecule has 0 aliphatic carbocycles. The van der Waals surface area contributed by atoms with E-state index in [-0.39, 0.29) is 18.0 Å². The molecule has 1 amide bonds. The van der Waals surface area contributed by atoms with E-state index in [1.54, 1.807) is 6.07 Å². The fourth-order valence-corrected chi connectivity index (χ4v) is 2.89. The fraction of sp³-hybridized carbons (Fsp3) is 0.227. The lowest BCUT2D eigenvalue weighted by Crippen LogP contribution is -2.34. The molecule has 27 heavy (non-hydrogen) atoms. The minimum Gasteiger partial charge on any atom is -0.354 e. The van der Waals surface area contributed by atoms with Crippen LogP contribution in [-0.2, 0) is 11.3 Å². The summed E-state index contributed by atoms with van der Waals surface area (Å²) in [5.74, 6) is 0.142. The normalized spacial score (nSPS) is 11.7. The van der Waals surface area contributed by atoms with Crippen molar-refractivity contribution < 1.29 is 4.79 Å². The maximum atomic E-state index is 12.2. The lowest BCUT2D eigenvalue weighted by Gasteiger charge is -2.13. The molecule has 2 aromatic carbocycles. The van der Waals surface area contributed by atoms with E-state index >= 15 is 0 Å². The Kier molecular flexibility index (Phi) is 6.15. The number of carbonyl (C=O) groups excluding carboxylic acids is 1. The Morgan fingerprint density at radius 3 is 2.37 bits per heavy atom. The predicted molar refractivity (Wildman–Crippen MR) is 106 cm³/mol. The third-order valence-corrected chi connectivity index (χ3v) is 4.50. The molecular weight excluding hydrogens is 338 g/mol. The number of rotatable bonds is 7. The summed E-state index contributed by atoms with van der Waals surface area (Å²) in [5, 5.41) is 7.20. The van der Waals surface area contributed by atoms with Gasteiger partial charge in [-0.25, -0.2) is 4.68 Å². The van der Waals surface area contributed by atoms with Crippen molar-refractivity contribution in [2.24, 2.45) is 0 Å². The van der Waals surface area contributed by atoms with Crippen molar-refractivity contribution in [1.29, 1.82) is 0 Å². The summed E-state index contributed by atoms with van der Waals surface area (Å²) >= 11 is 0. The van der Waals surface area contributed by atoms with E-state index in [9.17, 15) is 9.59 Å². The number of hydrogen-bond donors (Lipinski definition) is 1. The highest BCUT2D eigenvalue weighted by atomic mass is 16.2. The summed E-state index contributed by atoms with van der Waals surface area (Å²) in [7, 11) is 0. The number of nitrogens with zero attached hydrogens (tertiary/aromatic N) is 2. The molecule has 0 radical (unpaired) electrons. The van der Waals surface area contributed by atoms with Gasteiger partial charge < -0.3 is 5.32 Å². The molecule has 1 N–H and O–H groups in total. The van der Waals surface area contributed by atoms with Gasteiger partial charge in [-0.15, -0.1) is 0 Å². The van der Waals surface area contributed by atoms with E-state index in [1.165, 1.54) is 16.3 Å². The summed E-state index contributed by atoms with van der Waals surface area (Å²) in [4.78, 5) is 24.2. The van der Waals surface area contributed by atoms with Crippen LogP contribution in [0, 0.1) is 0 Å². The number of aromatic nitrogens is 2. The van der Waals surface area contributed by atoms with E-state index in [2.05, 4.69) is 29.5 Å². The molecule has 0 saturated heterocycles. The Morgan fingerprint density at radius 2 is 1.67 bits per heavy atom. The maximum Gasteiger partial charge on any atom is 0.267 e. The Morgan fingerprint density at radius 1 is 1.00 bits per heavy atom. The van der Waals surface area contributed by atoms with E-state index in [1.807, 2.05) is 48.5 Å². The predicted octanol–water partition coefficient (Wildman–Crippen LogP) is 3.22. The molecule has 0 saturated carbocycles. The summed E-state index contributed by atoms with van der Waals surface area (Å²) in [6, 6.07) is 22.9. The second-order valence-corrected chi connectivity index (χ2v) is 6.53. The van der Waals surface area contributed by atoms with Crippen LogP contribution in [0.25, 0.3) is 11.3 Å². The Hall–Kier alpha value is -3.21. The maximum absolute atomic E-state index is 12.2. The van der Waals surface area contributed by atoms with Crippen LogP contribution in [0.2, 0.25) is 0 Å². The molecular formula is C22H23N3O2. The van der Waals surface area contributed by atoms with Crippen LogP contribution in [0.15, 0.2) is 77.6 Å². The van der Waals surface area contributed by atoms with Crippen LogP contribution >= 0.6 is 0 Å². The topological polar surface area (TPSA) is 64.0 Å². The third-order valence-electron chi connectivity index (χ3n) is 4.50. The van der Waals surface area contributed by atoms with Crippen LogP contribution in [-0.4, -0.2) is 22.2 Å². The van der Waals surface area contributed by atoms with Crippen molar-refractivity contribution in [3.8, 4) is 11.3 Å². The Bertz CT molecular complexity index is 937. The molecule has 138 valence electrons. The van der Waals surface area contributed by atoms with Gasteiger partial charge in [0.15, 0.2) is 0 Å². The molecule has 0 unspecified atom stereocenters. The van der Waals surface area contributed by atoms with Gasteiger partial charge in [-0.05, 0) is 24.0 Å². The second kappa shape index (κ2) is 8.94. The van der Waals surface area contributed by atoms with Crippen LogP contribution in [0.5, 0.6) is 0 Å². The highest BCUT2D eigenvalue weighted by Crippen LogP contribution is 2.17. The molecule has 3 rings (SSSR count). The van der Waals surface area contributed by atoms with Gasteiger partial charge >= 0.3 is 0 Å². The average Bonchev–Trinajstić information content (AvgIpc) is 2.71. The quantitative estimate of drug-likeness (QED) is 0.703. The van der Waals surface area contributed by atoms with Crippen LogP contribution in [0.3, 0.4) is 0 Å². The Labute approximate surface area is 158 Å². The van der Waals surface area contributed by atoms with Crippen molar-refractivity contribution in [1.82, 2.24) is 15.1 Å². The number of nitrogens with one attached hydrogen (secondary N) is 1. The second-order valence-electron chi connectivity index (χ2n) is 6.53. The summed E-state index contributed by atoms with van der Waals surface area (Å²) < 4.78 is 1.21. The first kappa shape index (κ1) is 18.6. The van der Waals surface area contributed by atoms with Gasteiger partial charge in [0, 0.05) is 18.2 Å². The SMILES string of the molecule is C[C@H](CCNC(=O)Cn1nc(-c2ccccc2)ccc1=O)c1ccccc1. The molecule has 3 aromatic rings. The van der Waals surface area contributed by atoms with Gasteiger partial charge in [0.1, 0.15) is 6.54 Å². The molecule has 5 nitrogen and oxygen atoms in total. The molecule has 0 bridgehead atoms. The lowest BCUT2D eigenvalue weighted by molar-refractivity contribution is -0.121. The number of benzene rings is 2. The fourth-order valence-electron chi connectivity index (χ4n) is 2.89. The number of hydrogen-bond acceptors (Lipinski definition) is 3. The third kappa shape index (κ3) is 5.14. The zero-order valence-corrected chi connectivity index (χ0v) is 15.3. The first-order valence-corrected chi connectivity index (χ1v) is 9.09. The van der Waals surface area contributed by atoms with Gasteiger partial charge in [-0.2, -0.15) is 5.10 Å². The summed E-state index contributed by atoms with van der Waals surface area (Å²) in [6.07, 6.45) is 0.835. The molecule has 0 fully saturated rings. The van der Waals surface area contributed by atoms with Crippen molar-refractivity contribution in [3.05, 3.63) is 88.7 Å². The number of amides is 1. The molecule has 1 aromatic heterocycles. The molecule has 1 atom stereocenters. The minimum atomic E-state index is -0.289. The van der Waals surface area contributed by atoms with Gasteiger partial charge in [-0.3, -0.25) is 9.59 Å². The summed E-state index contributed by atoms with van der Waals surface area (Å²) in [6.45, 7) is 2.61. The molecule has 0 aliphatic heterocycles. The van der Waals surface area contributed by atoms with Crippen molar-refractivity contribution in [3.63, 3.8) is 0 Å². The molecule has 5 heteroatoms. The van der Waals surface area contributed by atoms with Gasteiger partial charge in [0.2, 0.25) is 5.91 Å². The van der Waals surface area contributed by atoms with Crippen LogP contribution in [0.4, 0.5) is 0 Å². The van der Waals surface area contributed by atoms with E-state index in [0.29, 0.717) is 18.2 Å². The first-order chi connectivity index (χ1) is 13.1. The van der Waals surface area contributed by atoms with Gasteiger partial charge in [0.05, 0.1) is 5.69 Å². The van der Waals surface area contributed by atoms with Gasteiger partial charge in [-0.1, -0.05) is 67.6 Å². The van der Waals surface area contributed by atoms with Crippen molar-refractivity contribution >= 4 is 5.91 Å². The molecule has 1 heterocycles. The minimum absolute atomic E-state index is 0.0841. The first-order valence-electron chi connectivity index (χ1n) is 9.09. The van der Waals surface area contributed by atoms with Crippen molar-refractivity contribution in [2.75, 3.05) is 6.54 Å². The van der Waals surface area contributed by atoms with E-state index in [0.717, 1.165) is 12.0 Å². The standard InChI is InChI=1S/C22H23N3O2/c1-17(18-8-4-2-5-9-18)14-15-23-21(26)16-25-22(27)13-12-20(24-25)19-10-6-3-7-11-19/h2-13,17H,14-16H2,1H3,(H,23,26)/t17-/m1/s1. The monoisotopic (exact) mass is 361 g/mol. The summed E-state index contributed by atoms with van der Waals surface area (Å²) in [5.41, 5.74) is 2.53. The zero-order chi connectivity index (χ0) is 19.1. The highest BCUT2D eigenvalue weighted by molar-refractivity contribution is 5.75. The highest BCUT2D eigenvalue weighted by Gasteiger charge is 2.09. The molecule has 0 aliphatic rings. The van der Waals surface area contributed by atoms with Crippen LogP contribution in [0.1, 0.15) is 24.8 Å². The average molecular weight is 361 g/mol. The van der Waals surface area contributed by atoms with E-state index < -0.39 is 0 Å². The largest absolute Gasteiger partial charge is 0.354 e. The van der Waals surface area contributed by atoms with Crippen molar-refractivity contribution in [2.45, 2.75) is 25.8 Å². The number of carbonyl (C=O) groups is 1.